The normalized spacial score (nSPS) is 9.89. The van der Waals surface area contributed by atoms with Gasteiger partial charge in [-0.2, -0.15) is 0 Å². The Bertz CT molecular complexity index is 142. The Balaban J connectivity index is 2.30. The predicted octanol–water partition coefficient (Wildman–Crippen LogP) is 2.42. The van der Waals surface area contributed by atoms with Gasteiger partial charge in [-0.3, -0.25) is 0 Å². The smallest absolute Gasteiger partial charge is 0.169 e. The zero-order chi connectivity index (χ0) is 6.53. The summed E-state index contributed by atoms with van der Waals surface area (Å²) in [6, 6.07) is 3.78. The fourth-order valence-electron chi connectivity index (χ4n) is 0.756. The highest BCUT2D eigenvalue weighted by molar-refractivity contribution is 4.96. The molecule has 0 aliphatic rings. The highest BCUT2D eigenvalue weighted by atomic mass is 16.3. The van der Waals surface area contributed by atoms with Crippen molar-refractivity contribution in [1.29, 1.82) is 0 Å². The van der Waals surface area contributed by atoms with Gasteiger partial charge in [-0.1, -0.05) is 13.3 Å². The van der Waals surface area contributed by atoms with Crippen LogP contribution < -0.4 is 0 Å². The average molecular weight is 123 g/mol. The summed E-state index contributed by atoms with van der Waals surface area (Å²) in [5.41, 5.74) is 0. The molecule has 9 heavy (non-hydrogen) atoms. The van der Waals surface area contributed by atoms with Crippen molar-refractivity contribution in [3.63, 3.8) is 0 Å². The van der Waals surface area contributed by atoms with Crippen LogP contribution in [0.15, 0.2) is 16.5 Å². The lowest BCUT2D eigenvalue weighted by molar-refractivity contribution is 0.493. The van der Waals surface area contributed by atoms with E-state index in [1.165, 1.54) is 12.8 Å². The van der Waals surface area contributed by atoms with E-state index in [9.17, 15) is 0 Å². The van der Waals surface area contributed by atoms with Gasteiger partial charge in [0.1, 0.15) is 5.76 Å². The van der Waals surface area contributed by atoms with Crippen LogP contribution in [0.25, 0.3) is 0 Å². The SMILES string of the molecule is CCCCc1cc[c]o1. The van der Waals surface area contributed by atoms with E-state index in [0.29, 0.717) is 0 Å². The quantitative estimate of drug-likeness (QED) is 0.601. The Kier molecular flexibility index (Phi) is 2.37. The van der Waals surface area contributed by atoms with E-state index < -0.39 is 0 Å². The molecule has 0 aliphatic carbocycles. The van der Waals surface area contributed by atoms with Crippen LogP contribution in [0.3, 0.4) is 0 Å². The summed E-state index contributed by atoms with van der Waals surface area (Å²) in [5.74, 6) is 1.05. The van der Waals surface area contributed by atoms with Crippen molar-refractivity contribution in [2.24, 2.45) is 0 Å². The van der Waals surface area contributed by atoms with Crippen LogP contribution in [-0.2, 0) is 6.42 Å². The van der Waals surface area contributed by atoms with Gasteiger partial charge in [0.05, 0.1) is 0 Å². The summed E-state index contributed by atoms with van der Waals surface area (Å²) in [6.45, 7) is 2.17. The van der Waals surface area contributed by atoms with Crippen molar-refractivity contribution in [2.45, 2.75) is 26.2 Å². The number of furan rings is 1. The molecule has 1 aromatic heterocycles. The van der Waals surface area contributed by atoms with Gasteiger partial charge in [0.2, 0.25) is 0 Å². The Hall–Kier alpha value is -0.720. The second-order valence-corrected chi connectivity index (χ2v) is 2.12. The standard InChI is InChI=1S/C8H11O/c1-2-3-5-8-6-4-7-9-8/h4,6H,2-3,5H2,1H3. The van der Waals surface area contributed by atoms with E-state index >= 15 is 0 Å². The van der Waals surface area contributed by atoms with E-state index in [1.807, 2.05) is 12.1 Å². The maximum absolute atomic E-state index is 5.01. The molecule has 1 nitrogen and oxygen atoms in total. The zero-order valence-corrected chi connectivity index (χ0v) is 5.68. The highest BCUT2D eigenvalue weighted by Crippen LogP contribution is 2.03. The summed E-state index contributed by atoms with van der Waals surface area (Å²) in [5, 5.41) is 0. The second-order valence-electron chi connectivity index (χ2n) is 2.12. The van der Waals surface area contributed by atoms with Crippen LogP contribution in [0.2, 0.25) is 0 Å². The lowest BCUT2D eigenvalue weighted by Crippen LogP contribution is -1.77. The first-order valence-corrected chi connectivity index (χ1v) is 3.38. The van der Waals surface area contributed by atoms with E-state index in [1.54, 1.807) is 0 Å². The first kappa shape index (κ1) is 6.40. The van der Waals surface area contributed by atoms with Crippen LogP contribution in [0.4, 0.5) is 0 Å². The number of aryl methyl sites for hydroxylation is 1. The summed E-state index contributed by atoms with van der Waals surface area (Å²) < 4.78 is 5.01. The van der Waals surface area contributed by atoms with Crippen molar-refractivity contribution in [1.82, 2.24) is 0 Å². The van der Waals surface area contributed by atoms with Crippen LogP contribution in [0, 0.1) is 6.26 Å². The third-order valence-corrected chi connectivity index (χ3v) is 1.30. The summed E-state index contributed by atoms with van der Waals surface area (Å²) >= 11 is 0. The Morgan fingerprint density at radius 1 is 1.67 bits per heavy atom. The summed E-state index contributed by atoms with van der Waals surface area (Å²) in [6.07, 6.45) is 6.15. The molecule has 0 spiro atoms. The third-order valence-electron chi connectivity index (χ3n) is 1.30. The van der Waals surface area contributed by atoms with Gasteiger partial charge in [-0.15, -0.1) is 0 Å². The largest absolute Gasteiger partial charge is 0.458 e. The van der Waals surface area contributed by atoms with E-state index in [-0.39, 0.29) is 0 Å². The molecule has 0 aromatic carbocycles. The maximum atomic E-state index is 5.01. The molecule has 1 radical (unpaired) electrons. The van der Waals surface area contributed by atoms with Gasteiger partial charge in [0, 0.05) is 6.42 Å². The molecule has 1 heteroatoms. The minimum atomic E-state index is 1.05. The Labute approximate surface area is 55.7 Å². The van der Waals surface area contributed by atoms with Gasteiger partial charge in [0.15, 0.2) is 6.26 Å². The number of hydrogen-bond acceptors (Lipinski definition) is 1. The molecule has 0 saturated carbocycles. The molecular weight excluding hydrogens is 112 g/mol. The Morgan fingerprint density at radius 2 is 2.56 bits per heavy atom. The molecule has 1 rings (SSSR count). The van der Waals surface area contributed by atoms with Crippen molar-refractivity contribution in [2.75, 3.05) is 0 Å². The fourth-order valence-corrected chi connectivity index (χ4v) is 0.756. The molecule has 0 aliphatic heterocycles. The molecular formula is C8H11O. The molecule has 1 heterocycles. The third kappa shape index (κ3) is 1.92. The van der Waals surface area contributed by atoms with Crippen molar-refractivity contribution >= 4 is 0 Å². The highest BCUT2D eigenvalue weighted by Gasteiger charge is 1.91. The minimum absolute atomic E-state index is 1.05. The molecule has 0 atom stereocenters. The van der Waals surface area contributed by atoms with Crippen LogP contribution in [0.5, 0.6) is 0 Å². The van der Waals surface area contributed by atoms with Crippen LogP contribution in [0.1, 0.15) is 25.5 Å². The average Bonchev–Trinajstić information content (AvgIpc) is 2.34. The lowest BCUT2D eigenvalue weighted by Gasteiger charge is -1.89. The number of rotatable bonds is 3. The van der Waals surface area contributed by atoms with Gasteiger partial charge >= 0.3 is 0 Å². The van der Waals surface area contributed by atoms with Crippen molar-refractivity contribution in [3.05, 3.63) is 24.2 Å². The van der Waals surface area contributed by atoms with E-state index in [2.05, 4.69) is 13.2 Å². The number of unbranched alkanes of at least 4 members (excludes halogenated alkanes) is 1. The topological polar surface area (TPSA) is 13.1 Å². The van der Waals surface area contributed by atoms with Crippen molar-refractivity contribution < 1.29 is 4.42 Å². The molecule has 0 N–H and O–H groups in total. The molecule has 0 amide bonds. The monoisotopic (exact) mass is 123 g/mol. The Morgan fingerprint density at radius 3 is 3.11 bits per heavy atom. The number of hydrogen-bond donors (Lipinski definition) is 0. The molecule has 1 aromatic rings. The summed E-state index contributed by atoms with van der Waals surface area (Å²) in [7, 11) is 0. The summed E-state index contributed by atoms with van der Waals surface area (Å²) in [4.78, 5) is 0. The maximum Gasteiger partial charge on any atom is 0.169 e. The van der Waals surface area contributed by atoms with Crippen molar-refractivity contribution in [3.8, 4) is 0 Å². The van der Waals surface area contributed by atoms with Crippen LogP contribution >= 0.6 is 0 Å². The molecule has 0 saturated heterocycles. The van der Waals surface area contributed by atoms with E-state index in [4.69, 9.17) is 4.42 Å². The second kappa shape index (κ2) is 3.33. The van der Waals surface area contributed by atoms with Gasteiger partial charge < -0.3 is 4.42 Å². The molecule has 0 fully saturated rings. The first-order valence-electron chi connectivity index (χ1n) is 3.38. The van der Waals surface area contributed by atoms with Gasteiger partial charge in [0.25, 0.3) is 0 Å². The van der Waals surface area contributed by atoms with Gasteiger partial charge in [-0.05, 0) is 18.6 Å². The molecule has 0 unspecified atom stereocenters. The van der Waals surface area contributed by atoms with E-state index in [0.717, 1.165) is 12.2 Å². The van der Waals surface area contributed by atoms with Crippen LogP contribution in [-0.4, -0.2) is 0 Å². The first-order chi connectivity index (χ1) is 4.43. The van der Waals surface area contributed by atoms with Gasteiger partial charge in [-0.25, -0.2) is 0 Å². The molecule has 0 bridgehead atoms. The zero-order valence-electron chi connectivity index (χ0n) is 5.68. The lowest BCUT2D eigenvalue weighted by atomic mass is 10.2. The minimum Gasteiger partial charge on any atom is -0.458 e. The predicted molar refractivity (Wildman–Crippen MR) is 36.2 cm³/mol. The fraction of sp³-hybridized carbons (Fsp3) is 0.500. The molecule has 49 valence electrons.